The third-order valence-corrected chi connectivity index (χ3v) is 6.47. The Bertz CT molecular complexity index is 1280. The molecule has 7 heteroatoms. The molecule has 0 amide bonds. The van der Waals surface area contributed by atoms with E-state index in [-0.39, 0.29) is 0 Å². The maximum Gasteiger partial charge on any atom is 0.160 e. The van der Waals surface area contributed by atoms with Gasteiger partial charge in [0.15, 0.2) is 5.65 Å². The lowest BCUT2D eigenvalue weighted by molar-refractivity contribution is 0.312. The van der Waals surface area contributed by atoms with Crippen LogP contribution in [0.25, 0.3) is 33.4 Å². The number of aromatic amines is 1. The van der Waals surface area contributed by atoms with Crippen LogP contribution in [0.3, 0.4) is 0 Å². The van der Waals surface area contributed by atoms with Crippen LogP contribution >= 0.6 is 0 Å². The number of hydrogen-bond acceptors (Lipinski definition) is 6. The highest BCUT2D eigenvalue weighted by molar-refractivity contribution is 5.95. The maximum absolute atomic E-state index is 5.91. The molecule has 1 aromatic carbocycles. The minimum absolute atomic E-state index is 0.556. The molecule has 3 N–H and O–H groups in total. The summed E-state index contributed by atoms with van der Waals surface area (Å²) in [5.74, 6) is 0.556. The fourth-order valence-electron chi connectivity index (χ4n) is 4.67. The summed E-state index contributed by atoms with van der Waals surface area (Å²) >= 11 is 0. The lowest BCUT2D eigenvalue weighted by atomic mass is 9.99. The zero-order chi connectivity index (χ0) is 22.4. The molecule has 4 aromatic rings. The normalized spacial score (nSPS) is 14.9. The number of likely N-dealkylation sites (N-methyl/N-ethyl adjacent to an activating group) is 1. The number of rotatable bonds is 3. The highest BCUT2D eigenvalue weighted by Gasteiger charge is 2.19. The number of nitrogens with one attached hydrogen (secondary N) is 1. The van der Waals surface area contributed by atoms with Crippen molar-refractivity contribution in [2.75, 3.05) is 43.9 Å². The number of benzene rings is 1. The molecule has 0 saturated carbocycles. The Labute approximate surface area is 188 Å². The Morgan fingerprint density at radius 3 is 2.25 bits per heavy atom. The molecule has 1 saturated heterocycles. The van der Waals surface area contributed by atoms with Crippen molar-refractivity contribution in [3.63, 3.8) is 0 Å². The lowest BCUT2D eigenvalue weighted by Crippen LogP contribution is -2.45. The highest BCUT2D eigenvalue weighted by Crippen LogP contribution is 2.34. The molecule has 7 nitrogen and oxygen atoms in total. The first-order valence-electron chi connectivity index (χ1n) is 11.0. The summed E-state index contributed by atoms with van der Waals surface area (Å²) in [6.07, 6.45) is 3.77. The second kappa shape index (κ2) is 7.91. The van der Waals surface area contributed by atoms with Crippen LogP contribution in [0.4, 0.5) is 11.5 Å². The van der Waals surface area contributed by atoms with Gasteiger partial charge in [0.2, 0.25) is 0 Å². The summed E-state index contributed by atoms with van der Waals surface area (Å²) < 4.78 is 0. The lowest BCUT2D eigenvalue weighted by Gasteiger charge is -2.36. The van der Waals surface area contributed by atoms with Crippen LogP contribution in [0.5, 0.6) is 0 Å². The zero-order valence-electron chi connectivity index (χ0n) is 19.1. The van der Waals surface area contributed by atoms with Crippen LogP contribution < -0.4 is 10.6 Å². The van der Waals surface area contributed by atoms with Gasteiger partial charge in [0.1, 0.15) is 5.82 Å². The average molecular weight is 428 g/mol. The van der Waals surface area contributed by atoms with Crippen LogP contribution in [0.1, 0.15) is 16.7 Å². The second-order valence-electron chi connectivity index (χ2n) is 8.87. The number of hydrogen-bond donors (Lipinski definition) is 2. The van der Waals surface area contributed by atoms with Gasteiger partial charge in [-0.3, -0.25) is 0 Å². The Morgan fingerprint density at radius 1 is 0.875 bits per heavy atom. The van der Waals surface area contributed by atoms with Crippen molar-refractivity contribution in [3.05, 3.63) is 53.3 Å². The van der Waals surface area contributed by atoms with E-state index in [1.807, 2.05) is 19.3 Å². The van der Waals surface area contributed by atoms with E-state index < -0.39 is 0 Å². The number of nitrogen functional groups attached to an aromatic ring is 1. The van der Waals surface area contributed by atoms with E-state index in [0.717, 1.165) is 65.2 Å². The van der Waals surface area contributed by atoms with Gasteiger partial charge in [-0.15, -0.1) is 10.2 Å². The van der Waals surface area contributed by atoms with E-state index in [4.69, 9.17) is 5.73 Å². The molecule has 0 unspecified atom stereocenters. The van der Waals surface area contributed by atoms with Crippen molar-refractivity contribution < 1.29 is 0 Å². The minimum Gasteiger partial charge on any atom is -0.383 e. The molecule has 1 fully saturated rings. The number of H-pyrrole nitrogens is 1. The van der Waals surface area contributed by atoms with Gasteiger partial charge in [0, 0.05) is 66.3 Å². The zero-order valence-corrected chi connectivity index (χ0v) is 19.1. The molecule has 0 atom stereocenters. The summed E-state index contributed by atoms with van der Waals surface area (Å²) in [7, 11) is 2.19. The van der Waals surface area contributed by atoms with E-state index in [2.05, 4.69) is 75.1 Å². The summed E-state index contributed by atoms with van der Waals surface area (Å²) in [5.41, 5.74) is 15.6. The molecule has 0 bridgehead atoms. The smallest absolute Gasteiger partial charge is 0.160 e. The van der Waals surface area contributed by atoms with Gasteiger partial charge in [0.25, 0.3) is 0 Å². The van der Waals surface area contributed by atoms with Crippen molar-refractivity contribution in [3.8, 4) is 22.4 Å². The molecule has 0 spiro atoms. The summed E-state index contributed by atoms with van der Waals surface area (Å²) in [6, 6.07) is 8.64. The number of piperazine rings is 1. The predicted octanol–water partition coefficient (Wildman–Crippen LogP) is 3.95. The Hall–Kier alpha value is -3.45. The molecule has 32 heavy (non-hydrogen) atoms. The fraction of sp³-hybridized carbons (Fsp3) is 0.320. The molecule has 1 aliphatic rings. The minimum atomic E-state index is 0.556. The standard InChI is InChI=1S/C25H29N7/c1-15-9-18(10-16(2)23(15)32-7-5-31(4)6-8-32)22-12-20-21(14-28-25(20)30-29-22)19-11-17(3)24(26)27-13-19/h9-14H,5-8H2,1-4H3,(H2,26,27)(H,28,30). The van der Waals surface area contributed by atoms with Gasteiger partial charge in [-0.25, -0.2) is 4.98 Å². The first-order chi connectivity index (χ1) is 15.4. The summed E-state index contributed by atoms with van der Waals surface area (Å²) in [5, 5.41) is 10.00. The molecule has 164 valence electrons. The van der Waals surface area contributed by atoms with Crippen molar-refractivity contribution in [1.29, 1.82) is 0 Å². The summed E-state index contributed by atoms with van der Waals surface area (Å²) in [4.78, 5) is 12.4. The molecule has 0 radical (unpaired) electrons. The number of nitrogens with two attached hydrogens (primary N) is 1. The van der Waals surface area contributed by atoms with Gasteiger partial charge in [-0.1, -0.05) is 0 Å². The van der Waals surface area contributed by atoms with Crippen molar-refractivity contribution in [2.45, 2.75) is 20.8 Å². The predicted molar refractivity (Wildman–Crippen MR) is 131 cm³/mol. The first kappa shape index (κ1) is 20.5. The van der Waals surface area contributed by atoms with E-state index in [1.54, 1.807) is 0 Å². The van der Waals surface area contributed by atoms with Gasteiger partial charge >= 0.3 is 0 Å². The highest BCUT2D eigenvalue weighted by atomic mass is 15.2. The van der Waals surface area contributed by atoms with E-state index in [9.17, 15) is 0 Å². The first-order valence-corrected chi connectivity index (χ1v) is 11.0. The number of anilines is 2. The van der Waals surface area contributed by atoms with Gasteiger partial charge in [-0.2, -0.15) is 0 Å². The Kier molecular flexibility index (Phi) is 5.06. The van der Waals surface area contributed by atoms with Gasteiger partial charge in [0.05, 0.1) is 5.69 Å². The molecule has 5 rings (SSSR count). The Balaban J connectivity index is 1.54. The van der Waals surface area contributed by atoms with Crippen molar-refractivity contribution in [2.24, 2.45) is 0 Å². The number of fused-ring (bicyclic) bond motifs is 1. The fourth-order valence-corrected chi connectivity index (χ4v) is 4.67. The van der Waals surface area contributed by atoms with Gasteiger partial charge in [-0.05, 0) is 68.8 Å². The average Bonchev–Trinajstić information content (AvgIpc) is 3.20. The second-order valence-corrected chi connectivity index (χ2v) is 8.87. The SMILES string of the molecule is Cc1cc(-c2c[nH]c3nnc(-c4cc(C)c(N5CCN(C)CC5)c(C)c4)cc23)cnc1N. The molecular formula is C25H29N7. The van der Waals surface area contributed by atoms with Crippen LogP contribution in [0, 0.1) is 20.8 Å². The van der Waals surface area contributed by atoms with Crippen molar-refractivity contribution >= 4 is 22.5 Å². The largest absolute Gasteiger partial charge is 0.383 e. The molecule has 4 heterocycles. The third kappa shape index (κ3) is 3.58. The third-order valence-electron chi connectivity index (χ3n) is 6.47. The molecular weight excluding hydrogens is 398 g/mol. The van der Waals surface area contributed by atoms with Crippen LogP contribution in [0.2, 0.25) is 0 Å². The molecule has 3 aromatic heterocycles. The van der Waals surface area contributed by atoms with E-state index >= 15 is 0 Å². The topological polar surface area (TPSA) is 87.0 Å². The van der Waals surface area contributed by atoms with Crippen LogP contribution in [-0.2, 0) is 0 Å². The number of pyridine rings is 1. The van der Waals surface area contributed by atoms with Crippen molar-refractivity contribution in [1.82, 2.24) is 25.1 Å². The molecule has 1 aliphatic heterocycles. The van der Waals surface area contributed by atoms with E-state index in [0.29, 0.717) is 5.82 Å². The maximum atomic E-state index is 5.91. The summed E-state index contributed by atoms with van der Waals surface area (Å²) in [6.45, 7) is 10.7. The quantitative estimate of drug-likeness (QED) is 0.515. The van der Waals surface area contributed by atoms with Crippen LogP contribution in [0.15, 0.2) is 36.7 Å². The Morgan fingerprint density at radius 2 is 1.56 bits per heavy atom. The van der Waals surface area contributed by atoms with Crippen LogP contribution in [-0.4, -0.2) is 58.3 Å². The number of nitrogens with zero attached hydrogens (tertiary/aromatic N) is 5. The number of aryl methyl sites for hydroxylation is 3. The number of aromatic nitrogens is 4. The van der Waals surface area contributed by atoms with E-state index in [1.165, 1.54) is 16.8 Å². The van der Waals surface area contributed by atoms with Gasteiger partial charge < -0.3 is 20.5 Å². The molecule has 0 aliphatic carbocycles. The monoisotopic (exact) mass is 427 g/mol.